The van der Waals surface area contributed by atoms with Crippen molar-refractivity contribution >= 4 is 23.0 Å². The van der Waals surface area contributed by atoms with Crippen molar-refractivity contribution in [2.45, 2.75) is 13.3 Å². The van der Waals surface area contributed by atoms with Gasteiger partial charge in [0, 0.05) is 24.8 Å². The van der Waals surface area contributed by atoms with Gasteiger partial charge in [-0.2, -0.15) is 0 Å². The third-order valence-electron chi connectivity index (χ3n) is 3.55. The Labute approximate surface area is 115 Å². The lowest BCUT2D eigenvalue weighted by molar-refractivity contribution is -0.141. The fourth-order valence-corrected chi connectivity index (χ4v) is 2.43. The van der Waals surface area contributed by atoms with E-state index in [2.05, 4.69) is 4.98 Å². The third-order valence-corrected chi connectivity index (χ3v) is 3.55. The van der Waals surface area contributed by atoms with Gasteiger partial charge in [0.2, 0.25) is 0 Å². The summed E-state index contributed by atoms with van der Waals surface area (Å²) in [5.41, 5.74) is 2.06. The van der Waals surface area contributed by atoms with Gasteiger partial charge < -0.3 is 14.4 Å². The molecule has 6 nitrogen and oxygen atoms in total. The smallest absolute Gasteiger partial charge is 0.308 e. The van der Waals surface area contributed by atoms with Crippen LogP contribution in [0, 0.1) is 12.8 Å². The zero-order valence-electron chi connectivity index (χ0n) is 11.0. The molecule has 0 radical (unpaired) electrons. The lowest BCUT2D eigenvalue weighted by Crippen LogP contribution is -2.29. The van der Waals surface area contributed by atoms with E-state index in [-0.39, 0.29) is 18.2 Å². The number of carboxylic acid groups (broad SMARTS) is 1. The fourth-order valence-electron chi connectivity index (χ4n) is 2.43. The number of amides is 1. The van der Waals surface area contributed by atoms with Crippen molar-refractivity contribution in [3.8, 4) is 0 Å². The van der Waals surface area contributed by atoms with Crippen LogP contribution in [0.2, 0.25) is 0 Å². The van der Waals surface area contributed by atoms with Crippen LogP contribution in [0.3, 0.4) is 0 Å². The topological polar surface area (TPSA) is 83.6 Å². The van der Waals surface area contributed by atoms with Crippen molar-refractivity contribution in [1.29, 1.82) is 0 Å². The molecule has 3 heterocycles. The standard InChI is InChI=1S/C14H14N2O4/c1-8-2-3-11-10(15-8)6-12(20-11)13(17)16-5-4-9(7-16)14(18)19/h2-3,6,9H,4-5,7H2,1H3,(H,18,19)/t9-/m1/s1. The number of carbonyl (C=O) groups is 2. The highest BCUT2D eigenvalue weighted by Crippen LogP contribution is 2.23. The number of fused-ring (bicyclic) bond motifs is 1. The number of carboxylic acids is 1. The first-order chi connectivity index (χ1) is 9.54. The zero-order chi connectivity index (χ0) is 14.3. The molecule has 2 aromatic heterocycles. The Bertz CT molecular complexity index is 692. The molecular formula is C14H14N2O4. The summed E-state index contributed by atoms with van der Waals surface area (Å²) in [5.74, 6) is -1.40. The first-order valence-corrected chi connectivity index (χ1v) is 6.44. The maximum atomic E-state index is 12.3. The fraction of sp³-hybridized carbons (Fsp3) is 0.357. The number of hydrogen-bond acceptors (Lipinski definition) is 4. The highest BCUT2D eigenvalue weighted by Gasteiger charge is 2.32. The second-order valence-electron chi connectivity index (χ2n) is 5.02. The molecule has 0 saturated carbocycles. The number of rotatable bonds is 2. The predicted molar refractivity (Wildman–Crippen MR) is 70.4 cm³/mol. The summed E-state index contributed by atoms with van der Waals surface area (Å²) in [7, 11) is 0. The Hall–Kier alpha value is -2.37. The van der Waals surface area contributed by atoms with Crippen LogP contribution in [0.15, 0.2) is 22.6 Å². The first-order valence-electron chi connectivity index (χ1n) is 6.44. The summed E-state index contributed by atoms with van der Waals surface area (Å²) in [6.07, 6.45) is 0.485. The van der Waals surface area contributed by atoms with Gasteiger partial charge in [0.25, 0.3) is 5.91 Å². The van der Waals surface area contributed by atoms with Crippen molar-refractivity contribution in [3.05, 3.63) is 29.7 Å². The Kier molecular flexibility index (Phi) is 2.93. The van der Waals surface area contributed by atoms with Gasteiger partial charge in [-0.05, 0) is 25.5 Å². The molecule has 3 rings (SSSR count). The number of furan rings is 1. The Morgan fingerprint density at radius 2 is 2.25 bits per heavy atom. The molecule has 20 heavy (non-hydrogen) atoms. The molecule has 2 aromatic rings. The number of aryl methyl sites for hydroxylation is 1. The van der Waals surface area contributed by atoms with Crippen LogP contribution in [0.4, 0.5) is 0 Å². The average Bonchev–Trinajstić information content (AvgIpc) is 3.03. The van der Waals surface area contributed by atoms with Gasteiger partial charge in [-0.25, -0.2) is 4.98 Å². The quantitative estimate of drug-likeness (QED) is 0.900. The third kappa shape index (κ3) is 2.13. The van der Waals surface area contributed by atoms with Gasteiger partial charge in [0.05, 0.1) is 5.92 Å². The number of aliphatic carboxylic acids is 1. The van der Waals surface area contributed by atoms with E-state index in [0.717, 1.165) is 5.69 Å². The lowest BCUT2D eigenvalue weighted by atomic mass is 10.1. The molecule has 1 fully saturated rings. The van der Waals surface area contributed by atoms with Crippen LogP contribution in [0.1, 0.15) is 22.7 Å². The number of likely N-dealkylation sites (tertiary alicyclic amines) is 1. The second kappa shape index (κ2) is 4.63. The molecule has 1 aliphatic heterocycles. The molecule has 1 amide bonds. The SMILES string of the molecule is Cc1ccc2oc(C(=O)N3CC[C@@H](C(=O)O)C3)cc2n1. The van der Waals surface area contributed by atoms with Crippen LogP contribution in [-0.2, 0) is 4.79 Å². The van der Waals surface area contributed by atoms with E-state index in [1.165, 1.54) is 4.90 Å². The van der Waals surface area contributed by atoms with E-state index in [0.29, 0.717) is 24.1 Å². The first kappa shape index (κ1) is 12.7. The highest BCUT2D eigenvalue weighted by molar-refractivity contribution is 5.95. The number of carbonyl (C=O) groups excluding carboxylic acids is 1. The van der Waals surface area contributed by atoms with Crippen molar-refractivity contribution in [2.75, 3.05) is 13.1 Å². The average molecular weight is 274 g/mol. The molecule has 0 bridgehead atoms. The van der Waals surface area contributed by atoms with Crippen LogP contribution in [0.5, 0.6) is 0 Å². The van der Waals surface area contributed by atoms with E-state index in [4.69, 9.17) is 9.52 Å². The number of hydrogen-bond donors (Lipinski definition) is 1. The molecule has 1 aliphatic rings. The minimum atomic E-state index is -0.859. The lowest BCUT2D eigenvalue weighted by Gasteiger charge is -2.13. The van der Waals surface area contributed by atoms with E-state index < -0.39 is 11.9 Å². The van der Waals surface area contributed by atoms with E-state index >= 15 is 0 Å². The van der Waals surface area contributed by atoms with Crippen LogP contribution >= 0.6 is 0 Å². The molecule has 0 aromatic carbocycles. The van der Waals surface area contributed by atoms with E-state index in [9.17, 15) is 9.59 Å². The van der Waals surface area contributed by atoms with Gasteiger partial charge in [-0.15, -0.1) is 0 Å². The maximum absolute atomic E-state index is 12.3. The summed E-state index contributed by atoms with van der Waals surface area (Å²) < 4.78 is 5.49. The summed E-state index contributed by atoms with van der Waals surface area (Å²) in [5, 5.41) is 8.96. The van der Waals surface area contributed by atoms with Gasteiger partial charge >= 0.3 is 5.97 Å². The predicted octanol–water partition coefficient (Wildman–Crippen LogP) is 1.68. The van der Waals surface area contributed by atoms with Crippen molar-refractivity contribution in [1.82, 2.24) is 9.88 Å². The Morgan fingerprint density at radius 1 is 1.45 bits per heavy atom. The monoisotopic (exact) mass is 274 g/mol. The minimum Gasteiger partial charge on any atom is -0.481 e. The highest BCUT2D eigenvalue weighted by atomic mass is 16.4. The summed E-state index contributed by atoms with van der Waals surface area (Å²) >= 11 is 0. The normalized spacial score (nSPS) is 18.6. The Morgan fingerprint density at radius 3 is 2.95 bits per heavy atom. The van der Waals surface area contributed by atoms with Crippen molar-refractivity contribution < 1.29 is 19.1 Å². The molecule has 6 heteroatoms. The van der Waals surface area contributed by atoms with Gasteiger partial charge in [-0.1, -0.05) is 0 Å². The summed E-state index contributed by atoms with van der Waals surface area (Å²) in [6, 6.07) is 5.20. The van der Waals surface area contributed by atoms with Gasteiger partial charge in [0.1, 0.15) is 5.52 Å². The summed E-state index contributed by atoms with van der Waals surface area (Å²) in [6.45, 7) is 2.54. The van der Waals surface area contributed by atoms with E-state index in [1.807, 2.05) is 13.0 Å². The number of nitrogens with zero attached hydrogens (tertiary/aromatic N) is 2. The van der Waals surface area contributed by atoms with Crippen molar-refractivity contribution in [3.63, 3.8) is 0 Å². The minimum absolute atomic E-state index is 0.212. The molecule has 0 unspecified atom stereocenters. The summed E-state index contributed by atoms with van der Waals surface area (Å²) in [4.78, 5) is 29.0. The molecule has 0 aliphatic carbocycles. The second-order valence-corrected chi connectivity index (χ2v) is 5.02. The molecule has 1 atom stereocenters. The van der Waals surface area contributed by atoms with Gasteiger partial charge in [0.15, 0.2) is 11.3 Å². The van der Waals surface area contributed by atoms with Crippen LogP contribution < -0.4 is 0 Å². The largest absolute Gasteiger partial charge is 0.481 e. The van der Waals surface area contributed by atoms with Crippen LogP contribution in [-0.4, -0.2) is 40.0 Å². The number of aromatic nitrogens is 1. The molecule has 1 saturated heterocycles. The van der Waals surface area contributed by atoms with Gasteiger partial charge in [-0.3, -0.25) is 9.59 Å². The molecular weight excluding hydrogens is 260 g/mol. The number of pyridine rings is 1. The van der Waals surface area contributed by atoms with E-state index in [1.54, 1.807) is 12.1 Å². The van der Waals surface area contributed by atoms with Crippen molar-refractivity contribution in [2.24, 2.45) is 5.92 Å². The zero-order valence-corrected chi connectivity index (χ0v) is 11.0. The molecule has 104 valence electrons. The van der Waals surface area contributed by atoms with Crippen LogP contribution in [0.25, 0.3) is 11.1 Å². The molecule has 1 N–H and O–H groups in total. The maximum Gasteiger partial charge on any atom is 0.308 e. The molecule has 0 spiro atoms. The Balaban J connectivity index is 1.84.